The molecule has 1 aromatic heterocycles. The van der Waals surface area contributed by atoms with E-state index in [2.05, 4.69) is 24.1 Å². The number of nitrogens with one attached hydrogen (secondary N) is 1. The van der Waals surface area contributed by atoms with Crippen molar-refractivity contribution in [3.05, 3.63) is 71.6 Å². The van der Waals surface area contributed by atoms with E-state index >= 15 is 0 Å². The molecule has 33 heavy (non-hydrogen) atoms. The lowest BCUT2D eigenvalue weighted by Crippen LogP contribution is -2.41. The third-order valence-corrected chi connectivity index (χ3v) is 5.23. The predicted octanol–water partition coefficient (Wildman–Crippen LogP) is 4.99. The van der Waals surface area contributed by atoms with Crippen molar-refractivity contribution in [1.82, 2.24) is 10.3 Å². The van der Waals surface area contributed by atoms with Crippen LogP contribution in [0.2, 0.25) is 0 Å². The van der Waals surface area contributed by atoms with E-state index < -0.39 is 0 Å². The normalized spacial score (nSPS) is 12.0. The number of ether oxygens (including phenoxy) is 2. The van der Waals surface area contributed by atoms with Gasteiger partial charge in [-0.15, -0.1) is 0 Å². The van der Waals surface area contributed by atoms with Gasteiger partial charge in [-0.25, -0.2) is 4.98 Å². The Hall–Kier alpha value is -3.12. The van der Waals surface area contributed by atoms with E-state index in [4.69, 9.17) is 13.9 Å². The maximum atomic E-state index is 12.3. The molecule has 2 aromatic carbocycles. The Morgan fingerprint density at radius 1 is 1.09 bits per heavy atom. The molecule has 0 saturated heterocycles. The molecule has 0 aliphatic rings. The van der Waals surface area contributed by atoms with E-state index in [0.29, 0.717) is 37.9 Å². The molecular formula is C27H34N2O4. The summed E-state index contributed by atoms with van der Waals surface area (Å²) in [7, 11) is 0. The summed E-state index contributed by atoms with van der Waals surface area (Å²) in [6.45, 7) is 9.63. The highest BCUT2D eigenvalue weighted by Gasteiger charge is 2.20. The lowest BCUT2D eigenvalue weighted by molar-refractivity contribution is -0.145. The van der Waals surface area contributed by atoms with E-state index in [0.717, 1.165) is 34.9 Å². The number of carbonyl (C=O) groups excluding carboxylic acids is 1. The minimum atomic E-state index is -0.354. The number of benzene rings is 2. The van der Waals surface area contributed by atoms with Gasteiger partial charge in [-0.05, 0) is 62.6 Å². The van der Waals surface area contributed by atoms with Gasteiger partial charge in [0.1, 0.15) is 17.6 Å². The van der Waals surface area contributed by atoms with Crippen molar-refractivity contribution in [3.63, 3.8) is 0 Å². The highest BCUT2D eigenvalue weighted by atomic mass is 16.5. The summed E-state index contributed by atoms with van der Waals surface area (Å²) in [5.41, 5.74) is 2.92. The molecule has 6 nitrogen and oxygen atoms in total. The molecule has 3 aromatic rings. The monoisotopic (exact) mass is 450 g/mol. The van der Waals surface area contributed by atoms with Crippen molar-refractivity contribution in [1.29, 1.82) is 0 Å². The van der Waals surface area contributed by atoms with Gasteiger partial charge in [0.05, 0.1) is 18.9 Å². The SMILES string of the molecule is CCOC(=O)[C@H](Cc1ccc(OCCc2nc(-c3ccccc3)oc2C)cc1)NCC(C)C. The van der Waals surface area contributed by atoms with E-state index in [1.54, 1.807) is 0 Å². The van der Waals surface area contributed by atoms with Crippen LogP contribution in [0.25, 0.3) is 11.5 Å². The Morgan fingerprint density at radius 2 is 1.82 bits per heavy atom. The molecule has 1 heterocycles. The first-order valence-electron chi connectivity index (χ1n) is 11.6. The number of oxazole rings is 1. The first-order valence-corrected chi connectivity index (χ1v) is 11.6. The molecule has 1 N–H and O–H groups in total. The highest BCUT2D eigenvalue weighted by Crippen LogP contribution is 2.22. The number of hydrogen-bond donors (Lipinski definition) is 1. The zero-order valence-electron chi connectivity index (χ0n) is 20.0. The van der Waals surface area contributed by atoms with Crippen LogP contribution >= 0.6 is 0 Å². The molecule has 3 rings (SSSR count). The van der Waals surface area contributed by atoms with Crippen molar-refractivity contribution in [3.8, 4) is 17.2 Å². The summed E-state index contributed by atoms with van der Waals surface area (Å²) in [5, 5.41) is 3.32. The van der Waals surface area contributed by atoms with Crippen LogP contribution in [-0.4, -0.2) is 36.8 Å². The van der Waals surface area contributed by atoms with Crippen LogP contribution < -0.4 is 10.1 Å². The third kappa shape index (κ3) is 7.46. The van der Waals surface area contributed by atoms with Crippen LogP contribution in [0.1, 0.15) is 37.8 Å². The summed E-state index contributed by atoms with van der Waals surface area (Å²) in [5.74, 6) is 2.47. The van der Waals surface area contributed by atoms with Crippen molar-refractivity contribution < 1.29 is 18.7 Å². The number of rotatable bonds is 12. The largest absolute Gasteiger partial charge is 0.493 e. The van der Waals surface area contributed by atoms with Crippen LogP contribution in [0.15, 0.2) is 59.0 Å². The van der Waals surface area contributed by atoms with Crippen LogP contribution in [-0.2, 0) is 22.4 Å². The van der Waals surface area contributed by atoms with E-state index in [-0.39, 0.29) is 12.0 Å². The highest BCUT2D eigenvalue weighted by molar-refractivity contribution is 5.76. The number of carbonyl (C=O) groups is 1. The Kier molecular flexibility index (Phi) is 9.07. The van der Waals surface area contributed by atoms with Crippen molar-refractivity contribution in [2.24, 2.45) is 5.92 Å². The summed E-state index contributed by atoms with van der Waals surface area (Å²) >= 11 is 0. The molecular weight excluding hydrogens is 416 g/mol. The van der Waals surface area contributed by atoms with Gasteiger partial charge < -0.3 is 19.2 Å². The molecule has 0 unspecified atom stereocenters. The quantitative estimate of drug-likeness (QED) is 0.392. The average Bonchev–Trinajstić information content (AvgIpc) is 3.18. The molecule has 0 aliphatic carbocycles. The number of hydrogen-bond acceptors (Lipinski definition) is 6. The Morgan fingerprint density at radius 3 is 2.48 bits per heavy atom. The molecule has 0 spiro atoms. The Labute approximate surface area is 196 Å². The van der Waals surface area contributed by atoms with Crippen LogP contribution in [0.4, 0.5) is 0 Å². The first kappa shape index (κ1) is 24.5. The zero-order chi connectivity index (χ0) is 23.6. The third-order valence-electron chi connectivity index (χ3n) is 5.23. The Balaban J connectivity index is 1.53. The molecule has 0 aliphatic heterocycles. The van der Waals surface area contributed by atoms with Gasteiger partial charge >= 0.3 is 5.97 Å². The fourth-order valence-electron chi connectivity index (χ4n) is 3.45. The lowest BCUT2D eigenvalue weighted by Gasteiger charge is -2.19. The maximum absolute atomic E-state index is 12.3. The summed E-state index contributed by atoms with van der Waals surface area (Å²) in [4.78, 5) is 16.9. The summed E-state index contributed by atoms with van der Waals surface area (Å²) in [6.07, 6.45) is 1.24. The number of aromatic nitrogens is 1. The topological polar surface area (TPSA) is 73.6 Å². The molecule has 0 bridgehead atoms. The smallest absolute Gasteiger partial charge is 0.323 e. The molecule has 0 radical (unpaired) electrons. The average molecular weight is 451 g/mol. The van der Waals surface area contributed by atoms with Gasteiger partial charge in [-0.3, -0.25) is 4.79 Å². The van der Waals surface area contributed by atoms with Gasteiger partial charge in [-0.1, -0.05) is 44.2 Å². The summed E-state index contributed by atoms with van der Waals surface area (Å²) < 4.78 is 17.0. The molecule has 0 saturated carbocycles. The second kappa shape index (κ2) is 12.2. The van der Waals surface area contributed by atoms with Gasteiger partial charge in [0, 0.05) is 12.0 Å². The van der Waals surface area contributed by atoms with Crippen molar-refractivity contribution in [2.75, 3.05) is 19.8 Å². The van der Waals surface area contributed by atoms with Gasteiger partial charge in [0.15, 0.2) is 0 Å². The van der Waals surface area contributed by atoms with Gasteiger partial charge in [0.25, 0.3) is 0 Å². The molecule has 176 valence electrons. The first-order chi connectivity index (χ1) is 16.0. The maximum Gasteiger partial charge on any atom is 0.323 e. The molecule has 0 amide bonds. The second-order valence-electron chi connectivity index (χ2n) is 8.44. The lowest BCUT2D eigenvalue weighted by atomic mass is 10.0. The van der Waals surface area contributed by atoms with Gasteiger partial charge in [-0.2, -0.15) is 0 Å². The van der Waals surface area contributed by atoms with E-state index in [1.165, 1.54) is 0 Å². The second-order valence-corrected chi connectivity index (χ2v) is 8.44. The standard InChI is InChI=1S/C27H34N2O4/c1-5-31-27(30)25(28-18-19(2)3)17-21-11-13-23(14-12-21)32-16-15-24-20(4)33-26(29-24)22-9-7-6-8-10-22/h6-14,19,25,28H,5,15-18H2,1-4H3/t25-/m0/s1. The minimum absolute atomic E-state index is 0.212. The minimum Gasteiger partial charge on any atom is -0.493 e. The number of esters is 1. The van der Waals surface area contributed by atoms with E-state index in [1.807, 2.05) is 68.4 Å². The van der Waals surface area contributed by atoms with Crippen molar-refractivity contribution in [2.45, 2.75) is 46.6 Å². The Bertz CT molecular complexity index is 997. The number of nitrogens with zero attached hydrogens (tertiary/aromatic N) is 1. The van der Waals surface area contributed by atoms with E-state index in [9.17, 15) is 4.79 Å². The predicted molar refractivity (Wildman–Crippen MR) is 129 cm³/mol. The fraction of sp³-hybridized carbons (Fsp3) is 0.407. The molecule has 6 heteroatoms. The van der Waals surface area contributed by atoms with Crippen LogP contribution in [0.5, 0.6) is 5.75 Å². The fourth-order valence-corrected chi connectivity index (χ4v) is 3.45. The van der Waals surface area contributed by atoms with Crippen LogP contribution in [0, 0.1) is 12.8 Å². The molecule has 1 atom stereocenters. The van der Waals surface area contributed by atoms with Crippen molar-refractivity contribution >= 4 is 5.97 Å². The summed E-state index contributed by atoms with van der Waals surface area (Å²) in [6, 6.07) is 17.4. The molecule has 0 fully saturated rings. The van der Waals surface area contributed by atoms with Gasteiger partial charge in [0.2, 0.25) is 5.89 Å². The number of aryl methyl sites for hydroxylation is 1. The van der Waals surface area contributed by atoms with Crippen LogP contribution in [0.3, 0.4) is 0 Å². The zero-order valence-corrected chi connectivity index (χ0v) is 20.0.